The summed E-state index contributed by atoms with van der Waals surface area (Å²) >= 11 is 0. The van der Waals surface area contributed by atoms with E-state index in [1.54, 1.807) is 48.8 Å². The number of anilines is 2. The lowest BCUT2D eigenvalue weighted by atomic mass is 10.0. The molecule has 1 aromatic carbocycles. The van der Waals surface area contributed by atoms with Gasteiger partial charge in [0.25, 0.3) is 5.91 Å². The first-order valence-electron chi connectivity index (χ1n) is 11.5. The molecule has 11 heteroatoms. The summed E-state index contributed by atoms with van der Waals surface area (Å²) < 4.78 is 7.47. The number of carbonyl (C=O) groups excluding carboxylic acids is 1. The lowest BCUT2D eigenvalue weighted by Gasteiger charge is -2.31. The van der Waals surface area contributed by atoms with E-state index in [1.165, 1.54) is 12.0 Å². The van der Waals surface area contributed by atoms with E-state index in [2.05, 4.69) is 15.3 Å². The first kappa shape index (κ1) is 23.1. The number of benzene rings is 1. The van der Waals surface area contributed by atoms with Crippen LogP contribution in [-0.2, 0) is 0 Å². The number of nitrogens with zero attached hydrogens (tertiary/aromatic N) is 5. The van der Waals surface area contributed by atoms with Gasteiger partial charge in [0.15, 0.2) is 0 Å². The van der Waals surface area contributed by atoms with Crippen LogP contribution in [-0.4, -0.2) is 62.0 Å². The van der Waals surface area contributed by atoms with Crippen LogP contribution in [0.25, 0.3) is 22.2 Å². The lowest BCUT2D eigenvalue weighted by molar-refractivity contribution is 0.102. The Hall–Kier alpha value is -4.67. The van der Waals surface area contributed by atoms with Crippen LogP contribution in [0.1, 0.15) is 29.2 Å². The highest BCUT2D eigenvalue weighted by Crippen LogP contribution is 2.39. The second-order valence-corrected chi connectivity index (χ2v) is 8.49. The molecule has 1 aliphatic rings. The highest BCUT2D eigenvalue weighted by atomic mass is 16.5. The SMILES string of the molecule is COc1cc(C(=O)Nc2ccccn2)ccc1-c1nn([C@@H]2CCCN(C(=O)O)C2)c2ccnc(N)c12. The number of pyridine rings is 2. The molecule has 2 amide bonds. The van der Waals surface area contributed by atoms with E-state index < -0.39 is 6.09 Å². The van der Waals surface area contributed by atoms with Crippen molar-refractivity contribution in [3.8, 4) is 17.0 Å². The lowest BCUT2D eigenvalue weighted by Crippen LogP contribution is -2.40. The highest BCUT2D eigenvalue weighted by Gasteiger charge is 2.28. The third-order valence-corrected chi connectivity index (χ3v) is 6.29. The zero-order chi connectivity index (χ0) is 25.2. The molecule has 1 fully saturated rings. The number of ether oxygens (including phenoxy) is 1. The number of likely N-dealkylation sites (tertiary alicyclic amines) is 1. The number of piperidine rings is 1. The van der Waals surface area contributed by atoms with Crippen LogP contribution in [0, 0.1) is 0 Å². The number of hydrogen-bond donors (Lipinski definition) is 3. The van der Waals surface area contributed by atoms with Gasteiger partial charge in [-0.15, -0.1) is 0 Å². The average molecular weight is 488 g/mol. The first-order chi connectivity index (χ1) is 17.5. The normalized spacial score (nSPS) is 15.6. The largest absolute Gasteiger partial charge is 0.496 e. The molecule has 0 bridgehead atoms. The van der Waals surface area contributed by atoms with Crippen LogP contribution in [0.3, 0.4) is 0 Å². The Balaban J connectivity index is 1.55. The molecule has 3 aromatic heterocycles. The zero-order valence-electron chi connectivity index (χ0n) is 19.6. The van der Waals surface area contributed by atoms with E-state index in [9.17, 15) is 14.7 Å². The molecule has 0 saturated carbocycles. The molecule has 1 atom stereocenters. The number of carbonyl (C=O) groups is 2. The fourth-order valence-corrected chi connectivity index (χ4v) is 4.56. The van der Waals surface area contributed by atoms with E-state index in [0.29, 0.717) is 52.7 Å². The van der Waals surface area contributed by atoms with Gasteiger partial charge in [0.05, 0.1) is 24.1 Å². The van der Waals surface area contributed by atoms with Gasteiger partial charge < -0.3 is 25.8 Å². The molecule has 11 nitrogen and oxygen atoms in total. The summed E-state index contributed by atoms with van der Waals surface area (Å²) in [5, 5.41) is 17.8. The van der Waals surface area contributed by atoms with Gasteiger partial charge in [-0.3, -0.25) is 9.48 Å². The Bertz CT molecular complexity index is 1440. The summed E-state index contributed by atoms with van der Waals surface area (Å²) in [6.45, 7) is 0.828. The monoisotopic (exact) mass is 487 g/mol. The van der Waals surface area contributed by atoms with Gasteiger partial charge in [0.1, 0.15) is 23.1 Å². The highest BCUT2D eigenvalue weighted by molar-refractivity contribution is 6.06. The van der Waals surface area contributed by atoms with Crippen molar-refractivity contribution in [2.24, 2.45) is 0 Å². The predicted octanol–water partition coefficient (Wildman–Crippen LogP) is 3.65. The standard InChI is InChI=1S/C25H25N7O4/c1-36-19-13-15(24(33)29-20-6-2-3-10-27-20)7-8-17(19)22-21-18(9-11-28-23(21)26)32(30-22)16-5-4-12-31(14-16)25(34)35/h2-3,6-11,13,16H,4-5,12,14H2,1H3,(H2,26,28)(H,34,35)(H,27,29,33)/t16-/m1/s1. The Kier molecular flexibility index (Phi) is 6.11. The van der Waals surface area contributed by atoms with E-state index >= 15 is 0 Å². The second-order valence-electron chi connectivity index (χ2n) is 8.49. The number of aromatic nitrogens is 4. The van der Waals surface area contributed by atoms with Crippen molar-refractivity contribution in [3.05, 3.63) is 60.4 Å². The Morgan fingerprint density at radius 2 is 2.03 bits per heavy atom. The number of fused-ring (bicyclic) bond motifs is 1. The van der Waals surface area contributed by atoms with Gasteiger partial charge in [-0.1, -0.05) is 6.07 Å². The molecule has 4 heterocycles. The molecular formula is C25H25N7O4. The van der Waals surface area contributed by atoms with Crippen molar-refractivity contribution in [3.63, 3.8) is 0 Å². The van der Waals surface area contributed by atoms with Crippen molar-refractivity contribution in [1.82, 2.24) is 24.6 Å². The molecule has 0 radical (unpaired) electrons. The van der Waals surface area contributed by atoms with E-state index in [0.717, 1.165) is 18.4 Å². The number of hydrogen-bond acceptors (Lipinski definition) is 7. The van der Waals surface area contributed by atoms with Crippen LogP contribution >= 0.6 is 0 Å². The van der Waals surface area contributed by atoms with Crippen molar-refractivity contribution in [1.29, 1.82) is 0 Å². The van der Waals surface area contributed by atoms with Crippen molar-refractivity contribution >= 4 is 34.5 Å². The summed E-state index contributed by atoms with van der Waals surface area (Å²) in [7, 11) is 1.52. The van der Waals surface area contributed by atoms with Crippen LogP contribution in [0.5, 0.6) is 5.75 Å². The van der Waals surface area contributed by atoms with Gasteiger partial charge in [-0.05, 0) is 49.2 Å². The molecule has 0 unspecified atom stereocenters. The minimum atomic E-state index is -0.946. The van der Waals surface area contributed by atoms with E-state index in [-0.39, 0.29) is 11.9 Å². The minimum Gasteiger partial charge on any atom is -0.496 e. The van der Waals surface area contributed by atoms with E-state index in [1.807, 2.05) is 10.7 Å². The number of methoxy groups -OCH3 is 1. The van der Waals surface area contributed by atoms with Gasteiger partial charge in [-0.2, -0.15) is 5.10 Å². The van der Waals surface area contributed by atoms with Crippen molar-refractivity contribution in [2.75, 3.05) is 31.2 Å². The zero-order valence-corrected chi connectivity index (χ0v) is 19.6. The summed E-state index contributed by atoms with van der Waals surface area (Å²) in [6.07, 6.45) is 3.78. The smallest absolute Gasteiger partial charge is 0.407 e. The molecular weight excluding hydrogens is 462 g/mol. The molecule has 0 aliphatic carbocycles. The first-order valence-corrected chi connectivity index (χ1v) is 11.5. The topological polar surface area (TPSA) is 148 Å². The van der Waals surface area contributed by atoms with Gasteiger partial charge in [0.2, 0.25) is 0 Å². The maximum Gasteiger partial charge on any atom is 0.407 e. The maximum absolute atomic E-state index is 12.8. The van der Waals surface area contributed by atoms with Crippen molar-refractivity contribution in [2.45, 2.75) is 18.9 Å². The summed E-state index contributed by atoms with van der Waals surface area (Å²) in [4.78, 5) is 34.1. The molecule has 184 valence electrons. The Morgan fingerprint density at radius 1 is 1.17 bits per heavy atom. The minimum absolute atomic E-state index is 0.151. The summed E-state index contributed by atoms with van der Waals surface area (Å²) in [6, 6.07) is 12.0. The average Bonchev–Trinajstić information content (AvgIpc) is 3.29. The maximum atomic E-state index is 12.8. The Labute approximate surface area is 206 Å². The van der Waals surface area contributed by atoms with Gasteiger partial charge in [0, 0.05) is 36.6 Å². The fraction of sp³-hybridized carbons (Fsp3) is 0.240. The molecule has 5 rings (SSSR count). The number of rotatable bonds is 5. The van der Waals surface area contributed by atoms with Crippen LogP contribution < -0.4 is 15.8 Å². The predicted molar refractivity (Wildman–Crippen MR) is 134 cm³/mol. The van der Waals surface area contributed by atoms with Crippen LogP contribution in [0.15, 0.2) is 54.9 Å². The third-order valence-electron chi connectivity index (χ3n) is 6.29. The summed E-state index contributed by atoms with van der Waals surface area (Å²) in [5.41, 5.74) is 8.63. The second kappa shape index (κ2) is 9.53. The molecule has 36 heavy (non-hydrogen) atoms. The van der Waals surface area contributed by atoms with Gasteiger partial charge in [-0.25, -0.2) is 14.8 Å². The molecule has 1 saturated heterocycles. The number of carboxylic acid groups (broad SMARTS) is 1. The van der Waals surface area contributed by atoms with Crippen LogP contribution in [0.4, 0.5) is 16.4 Å². The van der Waals surface area contributed by atoms with Crippen molar-refractivity contribution < 1.29 is 19.4 Å². The number of nitrogens with one attached hydrogen (secondary N) is 1. The molecule has 0 spiro atoms. The number of amides is 2. The third kappa shape index (κ3) is 4.26. The van der Waals surface area contributed by atoms with Crippen LogP contribution in [0.2, 0.25) is 0 Å². The number of nitrogen functional groups attached to an aromatic ring is 1. The summed E-state index contributed by atoms with van der Waals surface area (Å²) in [5.74, 6) is 0.857. The fourth-order valence-electron chi connectivity index (χ4n) is 4.56. The molecule has 4 aromatic rings. The molecule has 4 N–H and O–H groups in total. The number of nitrogens with two attached hydrogens (primary N) is 1. The van der Waals surface area contributed by atoms with Gasteiger partial charge >= 0.3 is 6.09 Å². The van der Waals surface area contributed by atoms with E-state index in [4.69, 9.17) is 15.6 Å². The quantitative estimate of drug-likeness (QED) is 0.386. The Morgan fingerprint density at radius 3 is 2.78 bits per heavy atom. The molecule has 1 aliphatic heterocycles.